The Labute approximate surface area is 211 Å². The summed E-state index contributed by atoms with van der Waals surface area (Å²) in [5.41, 5.74) is 2.39. The molecule has 3 heterocycles. The van der Waals surface area contributed by atoms with Crippen LogP contribution in [0.5, 0.6) is 11.5 Å². The number of aromatic nitrogens is 4. The van der Waals surface area contributed by atoms with Crippen molar-refractivity contribution in [3.63, 3.8) is 0 Å². The molecule has 8 nitrogen and oxygen atoms in total. The number of hydrogen-bond acceptors (Lipinski definition) is 9. The lowest BCUT2D eigenvalue weighted by Gasteiger charge is -2.06. The van der Waals surface area contributed by atoms with Crippen LogP contribution >= 0.6 is 11.3 Å². The van der Waals surface area contributed by atoms with Crippen molar-refractivity contribution in [1.29, 1.82) is 0 Å². The average molecular weight is 499 g/mol. The van der Waals surface area contributed by atoms with Crippen LogP contribution in [0.2, 0.25) is 0 Å². The highest BCUT2D eigenvalue weighted by atomic mass is 32.1. The lowest BCUT2D eigenvalue weighted by atomic mass is 10.2. The van der Waals surface area contributed by atoms with Crippen molar-refractivity contribution in [2.45, 2.75) is 19.3 Å². The van der Waals surface area contributed by atoms with Gasteiger partial charge in [-0.1, -0.05) is 35.5 Å². The minimum absolute atomic E-state index is 0.114. The van der Waals surface area contributed by atoms with E-state index in [1.165, 1.54) is 11.3 Å². The van der Waals surface area contributed by atoms with E-state index in [9.17, 15) is 4.79 Å². The molecule has 0 radical (unpaired) electrons. The fourth-order valence-electron chi connectivity index (χ4n) is 3.41. The van der Waals surface area contributed by atoms with Crippen molar-refractivity contribution in [2.75, 3.05) is 6.61 Å². The van der Waals surface area contributed by atoms with Gasteiger partial charge in [0.15, 0.2) is 0 Å². The van der Waals surface area contributed by atoms with Crippen molar-refractivity contribution in [1.82, 2.24) is 20.1 Å². The molecule has 0 aliphatic heterocycles. The van der Waals surface area contributed by atoms with E-state index in [1.807, 2.05) is 72.1 Å². The quantitative estimate of drug-likeness (QED) is 0.177. The van der Waals surface area contributed by atoms with Crippen LogP contribution in [0.1, 0.15) is 18.0 Å². The van der Waals surface area contributed by atoms with Crippen molar-refractivity contribution in [3.8, 4) is 33.5 Å². The standard InChI is InChI=1S/C27H22N4O4S/c32-25(33-14-6-12-24-30-26(31-35-24)20-8-5-13-28-17-20)16-21-18-36-27(29-21)19-7-4-11-23(15-19)34-22-9-2-1-3-10-22/h1-5,7-11,13,15,17-18H,6,12,14,16H2. The third-order valence-corrected chi connectivity index (χ3v) is 6.06. The molecule has 0 bridgehead atoms. The lowest BCUT2D eigenvalue weighted by Crippen LogP contribution is -2.10. The molecule has 2 aromatic carbocycles. The summed E-state index contributed by atoms with van der Waals surface area (Å²) in [6.45, 7) is 0.263. The van der Waals surface area contributed by atoms with E-state index < -0.39 is 0 Å². The summed E-state index contributed by atoms with van der Waals surface area (Å²) in [6, 6.07) is 21.0. The zero-order valence-corrected chi connectivity index (χ0v) is 20.1. The van der Waals surface area contributed by atoms with Crippen LogP contribution < -0.4 is 4.74 Å². The molecule has 3 aromatic heterocycles. The van der Waals surface area contributed by atoms with E-state index in [-0.39, 0.29) is 19.0 Å². The number of carbonyl (C=O) groups excluding carboxylic acids is 1. The minimum atomic E-state index is -0.324. The summed E-state index contributed by atoms with van der Waals surface area (Å²) in [5.74, 6) is 2.16. The van der Waals surface area contributed by atoms with Crippen molar-refractivity contribution < 1.29 is 18.8 Å². The first-order valence-electron chi connectivity index (χ1n) is 11.4. The number of hydrogen-bond donors (Lipinski definition) is 0. The monoisotopic (exact) mass is 498 g/mol. The van der Waals surface area contributed by atoms with Gasteiger partial charge >= 0.3 is 5.97 Å². The molecule has 0 fully saturated rings. The maximum atomic E-state index is 12.3. The van der Waals surface area contributed by atoms with Gasteiger partial charge in [0.25, 0.3) is 0 Å². The van der Waals surface area contributed by atoms with E-state index in [2.05, 4.69) is 20.1 Å². The first-order chi connectivity index (χ1) is 17.7. The number of rotatable bonds is 10. The molecular formula is C27H22N4O4S. The van der Waals surface area contributed by atoms with Gasteiger partial charge in [-0.05, 0) is 42.8 Å². The highest BCUT2D eigenvalue weighted by molar-refractivity contribution is 7.13. The maximum absolute atomic E-state index is 12.3. The molecule has 0 saturated heterocycles. The fraction of sp³-hybridized carbons (Fsp3) is 0.148. The summed E-state index contributed by atoms with van der Waals surface area (Å²) in [5, 5.41) is 6.65. The second kappa shape index (κ2) is 11.4. The normalized spacial score (nSPS) is 10.8. The highest BCUT2D eigenvalue weighted by Crippen LogP contribution is 2.29. The SMILES string of the molecule is O=C(Cc1csc(-c2cccc(Oc3ccccc3)c2)n1)OCCCc1nc(-c2cccnc2)no1. The van der Waals surface area contributed by atoms with E-state index >= 15 is 0 Å². The van der Waals surface area contributed by atoms with Crippen molar-refractivity contribution in [3.05, 3.63) is 96.1 Å². The van der Waals surface area contributed by atoms with Gasteiger partial charge in [-0.25, -0.2) is 4.98 Å². The Hall–Kier alpha value is -4.37. The fourth-order valence-corrected chi connectivity index (χ4v) is 4.23. The number of nitrogens with zero attached hydrogens (tertiary/aromatic N) is 4. The zero-order chi connectivity index (χ0) is 24.6. The third kappa shape index (κ3) is 6.19. The summed E-state index contributed by atoms with van der Waals surface area (Å²) in [7, 11) is 0. The number of benzene rings is 2. The molecule has 0 N–H and O–H groups in total. The molecule has 0 atom stereocenters. The number of carbonyl (C=O) groups is 1. The molecule has 0 aliphatic rings. The van der Waals surface area contributed by atoms with Crippen LogP contribution in [0, 0.1) is 0 Å². The Morgan fingerprint density at radius 1 is 0.944 bits per heavy atom. The van der Waals surface area contributed by atoms with Gasteiger partial charge in [-0.2, -0.15) is 4.98 Å². The van der Waals surface area contributed by atoms with E-state index in [1.54, 1.807) is 12.4 Å². The van der Waals surface area contributed by atoms with E-state index in [0.717, 1.165) is 27.6 Å². The predicted octanol–water partition coefficient (Wildman–Crippen LogP) is 5.77. The van der Waals surface area contributed by atoms with Gasteiger partial charge in [-0.15, -0.1) is 11.3 Å². The van der Waals surface area contributed by atoms with E-state index in [0.29, 0.717) is 30.3 Å². The van der Waals surface area contributed by atoms with Crippen LogP contribution in [0.3, 0.4) is 0 Å². The second-order valence-corrected chi connectivity index (χ2v) is 8.70. The van der Waals surface area contributed by atoms with Crippen molar-refractivity contribution >= 4 is 17.3 Å². The van der Waals surface area contributed by atoms with Gasteiger partial charge in [0.2, 0.25) is 11.7 Å². The molecule has 5 aromatic rings. The first kappa shape index (κ1) is 23.4. The Kier molecular flexibility index (Phi) is 7.38. The van der Waals surface area contributed by atoms with Crippen LogP contribution in [0.25, 0.3) is 22.0 Å². The Balaban J connectivity index is 1.09. The number of pyridine rings is 1. The second-order valence-electron chi connectivity index (χ2n) is 7.84. The number of para-hydroxylation sites is 1. The largest absolute Gasteiger partial charge is 0.465 e. The number of aryl methyl sites for hydroxylation is 1. The molecule has 9 heteroatoms. The van der Waals surface area contributed by atoms with E-state index in [4.69, 9.17) is 14.0 Å². The zero-order valence-electron chi connectivity index (χ0n) is 19.2. The molecule has 5 rings (SSSR count). The number of thiazole rings is 1. The topological polar surface area (TPSA) is 100 Å². The van der Waals surface area contributed by atoms with Crippen molar-refractivity contribution in [2.24, 2.45) is 0 Å². The Bertz CT molecular complexity index is 1420. The predicted molar refractivity (Wildman–Crippen MR) is 135 cm³/mol. The molecular weight excluding hydrogens is 476 g/mol. The summed E-state index contributed by atoms with van der Waals surface area (Å²) in [6.07, 6.45) is 4.57. The number of ether oxygens (including phenoxy) is 2. The molecule has 0 spiro atoms. The lowest BCUT2D eigenvalue weighted by molar-refractivity contribution is -0.143. The van der Waals surface area contributed by atoms with Gasteiger partial charge in [0.1, 0.15) is 16.5 Å². The molecule has 0 unspecified atom stereocenters. The molecule has 0 aliphatic carbocycles. The van der Waals surface area contributed by atoms with Crippen LogP contribution in [-0.4, -0.2) is 32.7 Å². The minimum Gasteiger partial charge on any atom is -0.465 e. The average Bonchev–Trinajstić information content (AvgIpc) is 3.58. The molecule has 180 valence electrons. The summed E-state index contributed by atoms with van der Waals surface area (Å²) in [4.78, 5) is 25.3. The first-order valence-corrected chi connectivity index (χ1v) is 12.3. The summed E-state index contributed by atoms with van der Waals surface area (Å²) < 4.78 is 16.5. The molecule has 0 saturated carbocycles. The van der Waals surface area contributed by atoms with Gasteiger partial charge in [0.05, 0.1) is 18.7 Å². The smallest absolute Gasteiger partial charge is 0.311 e. The molecule has 36 heavy (non-hydrogen) atoms. The van der Waals surface area contributed by atoms with Crippen LogP contribution in [0.15, 0.2) is 89.0 Å². The third-order valence-electron chi connectivity index (χ3n) is 5.12. The van der Waals surface area contributed by atoms with Crippen LogP contribution in [-0.2, 0) is 22.4 Å². The maximum Gasteiger partial charge on any atom is 0.311 e. The summed E-state index contributed by atoms with van der Waals surface area (Å²) >= 11 is 1.48. The molecule has 0 amide bonds. The van der Waals surface area contributed by atoms with Gasteiger partial charge < -0.3 is 14.0 Å². The highest BCUT2D eigenvalue weighted by Gasteiger charge is 2.12. The Morgan fingerprint density at radius 3 is 2.67 bits per heavy atom. The van der Waals surface area contributed by atoms with Gasteiger partial charge in [-0.3, -0.25) is 9.78 Å². The van der Waals surface area contributed by atoms with Gasteiger partial charge in [0, 0.05) is 35.3 Å². The van der Waals surface area contributed by atoms with Crippen LogP contribution in [0.4, 0.5) is 0 Å². The number of esters is 1. The Morgan fingerprint density at radius 2 is 1.81 bits per heavy atom.